The summed E-state index contributed by atoms with van der Waals surface area (Å²) < 4.78 is 0. The summed E-state index contributed by atoms with van der Waals surface area (Å²) in [7, 11) is 1.93. The van der Waals surface area contributed by atoms with Gasteiger partial charge in [0.2, 0.25) is 0 Å². The highest BCUT2D eigenvalue weighted by Gasteiger charge is 2.04. The monoisotopic (exact) mass is 219 g/mol. The molecule has 0 radical (unpaired) electrons. The Bertz CT molecular complexity index is 323. The van der Waals surface area contributed by atoms with Gasteiger partial charge in [-0.1, -0.05) is 13.0 Å². The molecule has 16 heavy (non-hydrogen) atoms. The molecule has 0 bridgehead atoms. The third kappa shape index (κ3) is 3.66. The quantitative estimate of drug-likeness (QED) is 0.713. The summed E-state index contributed by atoms with van der Waals surface area (Å²) in [5.74, 6) is 0. The minimum atomic E-state index is 0.807. The number of aromatic nitrogens is 1. The van der Waals surface area contributed by atoms with Gasteiger partial charge >= 0.3 is 0 Å². The van der Waals surface area contributed by atoms with Crippen molar-refractivity contribution in [2.24, 2.45) is 0 Å². The average molecular weight is 219 g/mol. The van der Waals surface area contributed by atoms with Gasteiger partial charge in [-0.15, -0.1) is 6.58 Å². The van der Waals surface area contributed by atoms with Crippen LogP contribution in [0.3, 0.4) is 0 Å². The van der Waals surface area contributed by atoms with Crippen LogP contribution < -0.4 is 10.2 Å². The summed E-state index contributed by atoms with van der Waals surface area (Å²) in [5.41, 5.74) is 2.30. The molecule has 0 aliphatic carbocycles. The first kappa shape index (κ1) is 12.7. The predicted molar refractivity (Wildman–Crippen MR) is 69.7 cm³/mol. The molecule has 0 atom stereocenters. The van der Waals surface area contributed by atoms with Gasteiger partial charge in [0, 0.05) is 31.5 Å². The maximum Gasteiger partial charge on any atom is 0.0562 e. The summed E-state index contributed by atoms with van der Waals surface area (Å²) in [6.45, 7) is 8.73. The molecule has 3 nitrogen and oxygen atoms in total. The van der Waals surface area contributed by atoms with Crippen LogP contribution in [0.5, 0.6) is 0 Å². The van der Waals surface area contributed by atoms with Crippen LogP contribution in [-0.2, 0) is 6.54 Å². The second kappa shape index (κ2) is 7.01. The SMILES string of the molecule is C=CCN(CCC)c1ccnc(CNC)c1. The van der Waals surface area contributed by atoms with E-state index in [4.69, 9.17) is 0 Å². The van der Waals surface area contributed by atoms with Crippen LogP contribution in [0.15, 0.2) is 31.0 Å². The molecule has 0 unspecified atom stereocenters. The van der Waals surface area contributed by atoms with E-state index >= 15 is 0 Å². The minimum absolute atomic E-state index is 0.807. The van der Waals surface area contributed by atoms with Gasteiger partial charge in [-0.25, -0.2) is 0 Å². The van der Waals surface area contributed by atoms with Crippen LogP contribution in [-0.4, -0.2) is 25.1 Å². The van der Waals surface area contributed by atoms with Crippen molar-refractivity contribution in [3.63, 3.8) is 0 Å². The van der Waals surface area contributed by atoms with Gasteiger partial charge in [-0.3, -0.25) is 4.98 Å². The van der Waals surface area contributed by atoms with Crippen molar-refractivity contribution >= 4 is 5.69 Å². The van der Waals surface area contributed by atoms with E-state index in [2.05, 4.69) is 40.8 Å². The molecule has 1 rings (SSSR count). The molecule has 1 aromatic rings. The number of pyridine rings is 1. The summed E-state index contributed by atoms with van der Waals surface area (Å²) in [6.07, 6.45) is 4.94. The van der Waals surface area contributed by atoms with E-state index in [1.807, 2.05) is 19.3 Å². The molecule has 0 saturated heterocycles. The summed E-state index contributed by atoms with van der Waals surface area (Å²) in [5, 5.41) is 3.11. The lowest BCUT2D eigenvalue weighted by Gasteiger charge is -2.22. The second-order valence-corrected chi connectivity index (χ2v) is 3.77. The van der Waals surface area contributed by atoms with Gasteiger partial charge in [0.25, 0.3) is 0 Å². The average Bonchev–Trinajstić information content (AvgIpc) is 2.30. The van der Waals surface area contributed by atoms with Crippen LogP contribution in [0, 0.1) is 0 Å². The van der Waals surface area contributed by atoms with Crippen LogP contribution in [0.25, 0.3) is 0 Å². The van der Waals surface area contributed by atoms with Gasteiger partial charge in [0.05, 0.1) is 5.69 Å². The van der Waals surface area contributed by atoms with E-state index in [0.717, 1.165) is 31.7 Å². The zero-order valence-corrected chi connectivity index (χ0v) is 10.2. The fraction of sp³-hybridized carbons (Fsp3) is 0.462. The van der Waals surface area contributed by atoms with Gasteiger partial charge in [-0.2, -0.15) is 0 Å². The normalized spacial score (nSPS) is 10.1. The summed E-state index contributed by atoms with van der Waals surface area (Å²) >= 11 is 0. The third-order valence-corrected chi connectivity index (χ3v) is 2.37. The highest BCUT2D eigenvalue weighted by atomic mass is 15.1. The Hall–Kier alpha value is -1.35. The van der Waals surface area contributed by atoms with E-state index in [1.54, 1.807) is 0 Å². The first-order valence-corrected chi connectivity index (χ1v) is 5.77. The number of hydrogen-bond donors (Lipinski definition) is 1. The molecule has 0 aliphatic heterocycles. The lowest BCUT2D eigenvalue weighted by Crippen LogP contribution is -2.24. The standard InChI is InChI=1S/C13H21N3/c1-4-8-16(9-5-2)13-6-7-15-12(10-13)11-14-3/h4,6-7,10,14H,1,5,8-9,11H2,2-3H3. The fourth-order valence-electron chi connectivity index (χ4n) is 1.69. The molecule has 1 N–H and O–H groups in total. The Morgan fingerprint density at radius 2 is 2.38 bits per heavy atom. The van der Waals surface area contributed by atoms with E-state index in [0.29, 0.717) is 0 Å². The van der Waals surface area contributed by atoms with Crippen LogP contribution >= 0.6 is 0 Å². The number of nitrogens with zero attached hydrogens (tertiary/aromatic N) is 2. The van der Waals surface area contributed by atoms with Crippen molar-refractivity contribution in [1.29, 1.82) is 0 Å². The smallest absolute Gasteiger partial charge is 0.0562 e. The molecular formula is C13H21N3. The topological polar surface area (TPSA) is 28.2 Å². The molecule has 0 aromatic carbocycles. The maximum atomic E-state index is 4.32. The first-order chi connectivity index (χ1) is 7.81. The Morgan fingerprint density at radius 3 is 3.00 bits per heavy atom. The highest BCUT2D eigenvalue weighted by molar-refractivity contribution is 5.47. The summed E-state index contributed by atoms with van der Waals surface area (Å²) in [4.78, 5) is 6.63. The van der Waals surface area contributed by atoms with Crippen molar-refractivity contribution < 1.29 is 0 Å². The molecule has 0 spiro atoms. The predicted octanol–water partition coefficient (Wildman–Crippen LogP) is 2.20. The zero-order valence-electron chi connectivity index (χ0n) is 10.2. The molecule has 0 fully saturated rings. The van der Waals surface area contributed by atoms with Gasteiger partial charge in [0.1, 0.15) is 0 Å². The molecule has 0 amide bonds. The number of nitrogens with one attached hydrogen (secondary N) is 1. The Balaban J connectivity index is 2.81. The zero-order chi connectivity index (χ0) is 11.8. The van der Waals surface area contributed by atoms with E-state index < -0.39 is 0 Å². The molecule has 3 heteroatoms. The third-order valence-electron chi connectivity index (χ3n) is 2.37. The maximum absolute atomic E-state index is 4.32. The van der Waals surface area contributed by atoms with Gasteiger partial charge in [-0.05, 0) is 25.6 Å². The highest BCUT2D eigenvalue weighted by Crippen LogP contribution is 2.14. The fourth-order valence-corrected chi connectivity index (χ4v) is 1.69. The van der Waals surface area contributed by atoms with Crippen LogP contribution in [0.2, 0.25) is 0 Å². The Labute approximate surface area is 98.2 Å². The first-order valence-electron chi connectivity index (χ1n) is 5.77. The van der Waals surface area contributed by atoms with E-state index in [1.165, 1.54) is 5.69 Å². The second-order valence-electron chi connectivity index (χ2n) is 3.77. The van der Waals surface area contributed by atoms with E-state index in [9.17, 15) is 0 Å². The Morgan fingerprint density at radius 1 is 1.56 bits per heavy atom. The molecule has 1 heterocycles. The molecule has 0 aliphatic rings. The molecule has 88 valence electrons. The molecular weight excluding hydrogens is 198 g/mol. The van der Waals surface area contributed by atoms with Crippen molar-refractivity contribution in [1.82, 2.24) is 10.3 Å². The summed E-state index contributed by atoms with van der Waals surface area (Å²) in [6, 6.07) is 4.19. The molecule has 0 saturated carbocycles. The molecule has 1 aromatic heterocycles. The van der Waals surface area contributed by atoms with Gasteiger partial charge < -0.3 is 10.2 Å². The van der Waals surface area contributed by atoms with Crippen molar-refractivity contribution in [3.05, 3.63) is 36.7 Å². The number of rotatable bonds is 7. The van der Waals surface area contributed by atoms with Crippen LogP contribution in [0.1, 0.15) is 19.0 Å². The van der Waals surface area contributed by atoms with Crippen molar-refractivity contribution in [3.8, 4) is 0 Å². The van der Waals surface area contributed by atoms with Gasteiger partial charge in [0.15, 0.2) is 0 Å². The van der Waals surface area contributed by atoms with E-state index in [-0.39, 0.29) is 0 Å². The van der Waals surface area contributed by atoms with Crippen LogP contribution in [0.4, 0.5) is 5.69 Å². The largest absolute Gasteiger partial charge is 0.368 e. The van der Waals surface area contributed by atoms with Crippen molar-refractivity contribution in [2.45, 2.75) is 19.9 Å². The number of hydrogen-bond acceptors (Lipinski definition) is 3. The lowest BCUT2D eigenvalue weighted by molar-refractivity contribution is 0.781. The minimum Gasteiger partial charge on any atom is -0.368 e. The number of anilines is 1. The lowest BCUT2D eigenvalue weighted by atomic mass is 10.2. The Kier molecular flexibility index (Phi) is 5.57. The van der Waals surface area contributed by atoms with Crippen molar-refractivity contribution in [2.75, 3.05) is 25.0 Å².